The number of esters is 1. The Labute approximate surface area is 92.0 Å². The maximum absolute atomic E-state index is 11.6. The number of anilines is 1. The molecule has 2 rings (SSSR count). The molecule has 1 aromatic heterocycles. The van der Waals surface area contributed by atoms with Gasteiger partial charge in [0.25, 0.3) is 0 Å². The van der Waals surface area contributed by atoms with Gasteiger partial charge in [-0.2, -0.15) is 0 Å². The van der Waals surface area contributed by atoms with Gasteiger partial charge in [-0.25, -0.2) is 4.79 Å². The molecule has 1 unspecified atom stereocenters. The third-order valence-corrected chi connectivity index (χ3v) is 3.37. The Morgan fingerprint density at radius 2 is 2.53 bits per heavy atom. The van der Waals surface area contributed by atoms with Gasteiger partial charge in [0.15, 0.2) is 0 Å². The molecule has 0 amide bonds. The first-order chi connectivity index (χ1) is 7.16. The summed E-state index contributed by atoms with van der Waals surface area (Å²) in [7, 11) is 0. The number of carbonyl (C=O) groups is 1. The number of ether oxygens (including phenoxy) is 2. The summed E-state index contributed by atoms with van der Waals surface area (Å²) < 4.78 is 10.4. The van der Waals surface area contributed by atoms with E-state index in [-0.39, 0.29) is 12.1 Å². The van der Waals surface area contributed by atoms with Gasteiger partial charge in [-0.05, 0) is 13.0 Å². The van der Waals surface area contributed by atoms with Crippen molar-refractivity contribution in [3.05, 3.63) is 15.8 Å². The van der Waals surface area contributed by atoms with Crippen LogP contribution in [-0.4, -0.2) is 25.3 Å². The van der Waals surface area contributed by atoms with E-state index in [4.69, 9.17) is 15.2 Å². The van der Waals surface area contributed by atoms with E-state index in [0.717, 1.165) is 11.3 Å². The van der Waals surface area contributed by atoms with Gasteiger partial charge in [-0.1, -0.05) is 0 Å². The molecule has 1 fully saturated rings. The highest BCUT2D eigenvalue weighted by Crippen LogP contribution is 2.24. The Kier molecular flexibility index (Phi) is 2.93. The maximum atomic E-state index is 11.6. The SMILES string of the molecule is Cc1sc(C(=O)OC2CCOC2)cc1N. The molecule has 15 heavy (non-hydrogen) atoms. The van der Waals surface area contributed by atoms with Crippen LogP contribution >= 0.6 is 11.3 Å². The van der Waals surface area contributed by atoms with E-state index in [1.54, 1.807) is 6.07 Å². The molecule has 1 aromatic rings. The predicted molar refractivity (Wildman–Crippen MR) is 58.1 cm³/mol. The van der Waals surface area contributed by atoms with Crippen molar-refractivity contribution in [3.63, 3.8) is 0 Å². The summed E-state index contributed by atoms with van der Waals surface area (Å²) in [6.07, 6.45) is 0.687. The smallest absolute Gasteiger partial charge is 0.348 e. The van der Waals surface area contributed by atoms with Crippen LogP contribution in [0.25, 0.3) is 0 Å². The number of rotatable bonds is 2. The minimum atomic E-state index is -0.296. The van der Waals surface area contributed by atoms with Crippen molar-refractivity contribution in [3.8, 4) is 0 Å². The van der Waals surface area contributed by atoms with Crippen LogP contribution in [-0.2, 0) is 9.47 Å². The molecule has 0 aromatic carbocycles. The van der Waals surface area contributed by atoms with Crippen LogP contribution in [0.15, 0.2) is 6.07 Å². The van der Waals surface area contributed by atoms with E-state index in [9.17, 15) is 4.79 Å². The molecule has 0 saturated carbocycles. The summed E-state index contributed by atoms with van der Waals surface area (Å²) in [5.41, 5.74) is 6.31. The third-order valence-electron chi connectivity index (χ3n) is 2.32. The van der Waals surface area contributed by atoms with Crippen molar-refractivity contribution in [1.82, 2.24) is 0 Å². The number of nitrogens with two attached hydrogens (primary N) is 1. The maximum Gasteiger partial charge on any atom is 0.348 e. The van der Waals surface area contributed by atoms with Crippen molar-refractivity contribution in [2.45, 2.75) is 19.4 Å². The van der Waals surface area contributed by atoms with Crippen LogP contribution in [0.2, 0.25) is 0 Å². The highest BCUT2D eigenvalue weighted by atomic mass is 32.1. The monoisotopic (exact) mass is 227 g/mol. The van der Waals surface area contributed by atoms with E-state index >= 15 is 0 Å². The predicted octanol–water partition coefficient (Wildman–Crippen LogP) is 1.58. The minimum absolute atomic E-state index is 0.0962. The second kappa shape index (κ2) is 4.20. The molecule has 4 nitrogen and oxygen atoms in total. The normalized spacial score (nSPS) is 20.5. The fourth-order valence-electron chi connectivity index (χ4n) is 1.41. The highest BCUT2D eigenvalue weighted by Gasteiger charge is 2.22. The zero-order valence-electron chi connectivity index (χ0n) is 8.49. The average molecular weight is 227 g/mol. The molecule has 1 atom stereocenters. The fraction of sp³-hybridized carbons (Fsp3) is 0.500. The Morgan fingerprint density at radius 3 is 3.07 bits per heavy atom. The molecule has 82 valence electrons. The van der Waals surface area contributed by atoms with Gasteiger partial charge in [0.2, 0.25) is 0 Å². The highest BCUT2D eigenvalue weighted by molar-refractivity contribution is 7.14. The summed E-state index contributed by atoms with van der Waals surface area (Å²) >= 11 is 1.37. The van der Waals surface area contributed by atoms with Crippen LogP contribution in [0.5, 0.6) is 0 Å². The second-order valence-corrected chi connectivity index (χ2v) is 4.77. The third kappa shape index (κ3) is 2.30. The van der Waals surface area contributed by atoms with Gasteiger partial charge in [0, 0.05) is 17.0 Å². The van der Waals surface area contributed by atoms with Crippen LogP contribution in [0.1, 0.15) is 21.0 Å². The lowest BCUT2D eigenvalue weighted by Crippen LogP contribution is -2.17. The minimum Gasteiger partial charge on any atom is -0.456 e. The lowest BCUT2D eigenvalue weighted by molar-refractivity contribution is 0.0276. The Hall–Kier alpha value is -1.07. The van der Waals surface area contributed by atoms with Crippen molar-refractivity contribution >= 4 is 23.0 Å². The average Bonchev–Trinajstić information content (AvgIpc) is 2.78. The van der Waals surface area contributed by atoms with E-state index in [1.165, 1.54) is 11.3 Å². The molecule has 1 saturated heterocycles. The molecule has 0 aliphatic carbocycles. The van der Waals surface area contributed by atoms with E-state index in [1.807, 2.05) is 6.92 Å². The summed E-state index contributed by atoms with van der Waals surface area (Å²) in [5.74, 6) is -0.296. The first-order valence-electron chi connectivity index (χ1n) is 4.81. The van der Waals surface area contributed by atoms with Gasteiger partial charge >= 0.3 is 5.97 Å². The van der Waals surface area contributed by atoms with Crippen molar-refractivity contribution in [2.75, 3.05) is 18.9 Å². The molecule has 2 N–H and O–H groups in total. The molecule has 0 spiro atoms. The first kappa shape index (κ1) is 10.4. The molecule has 0 bridgehead atoms. The Balaban J connectivity index is 2.00. The van der Waals surface area contributed by atoms with Crippen molar-refractivity contribution in [2.24, 2.45) is 0 Å². The molecule has 2 heterocycles. The van der Waals surface area contributed by atoms with Crippen LogP contribution in [0.3, 0.4) is 0 Å². The molecular weight excluding hydrogens is 214 g/mol. The zero-order chi connectivity index (χ0) is 10.8. The summed E-state index contributed by atoms with van der Waals surface area (Å²) in [6, 6.07) is 1.66. The molecule has 1 aliphatic rings. The van der Waals surface area contributed by atoms with Crippen LogP contribution < -0.4 is 5.73 Å². The lowest BCUT2D eigenvalue weighted by Gasteiger charge is -2.08. The van der Waals surface area contributed by atoms with E-state index < -0.39 is 0 Å². The van der Waals surface area contributed by atoms with Gasteiger partial charge in [0.05, 0.1) is 13.2 Å². The van der Waals surface area contributed by atoms with Gasteiger partial charge in [0.1, 0.15) is 11.0 Å². The number of hydrogen-bond donors (Lipinski definition) is 1. The van der Waals surface area contributed by atoms with Gasteiger partial charge in [-0.15, -0.1) is 11.3 Å². The topological polar surface area (TPSA) is 61.5 Å². The number of thiophene rings is 1. The summed E-state index contributed by atoms with van der Waals surface area (Å²) in [6.45, 7) is 3.06. The molecule has 5 heteroatoms. The van der Waals surface area contributed by atoms with Crippen LogP contribution in [0.4, 0.5) is 5.69 Å². The largest absolute Gasteiger partial charge is 0.456 e. The molecular formula is C10H13NO3S. The van der Waals surface area contributed by atoms with Gasteiger partial charge in [-0.3, -0.25) is 0 Å². The Bertz CT molecular complexity index is 349. The van der Waals surface area contributed by atoms with Crippen molar-refractivity contribution < 1.29 is 14.3 Å². The zero-order valence-corrected chi connectivity index (χ0v) is 9.30. The molecule has 1 aliphatic heterocycles. The van der Waals surface area contributed by atoms with Crippen LogP contribution in [0, 0.1) is 6.92 Å². The number of carbonyl (C=O) groups excluding carboxylic acids is 1. The molecule has 0 radical (unpaired) electrons. The van der Waals surface area contributed by atoms with E-state index in [0.29, 0.717) is 23.8 Å². The summed E-state index contributed by atoms with van der Waals surface area (Å²) in [4.78, 5) is 13.2. The Morgan fingerprint density at radius 1 is 1.73 bits per heavy atom. The number of aryl methyl sites for hydroxylation is 1. The first-order valence-corrected chi connectivity index (χ1v) is 5.63. The van der Waals surface area contributed by atoms with E-state index in [2.05, 4.69) is 0 Å². The second-order valence-electron chi connectivity index (χ2n) is 3.51. The summed E-state index contributed by atoms with van der Waals surface area (Å²) in [5, 5.41) is 0. The number of hydrogen-bond acceptors (Lipinski definition) is 5. The fourth-order valence-corrected chi connectivity index (χ4v) is 2.24. The standard InChI is InChI=1S/C10H13NO3S/c1-6-8(11)4-9(15-6)10(12)14-7-2-3-13-5-7/h4,7H,2-3,5,11H2,1H3. The lowest BCUT2D eigenvalue weighted by atomic mass is 10.3. The quantitative estimate of drug-likeness (QED) is 0.779. The number of nitrogen functional groups attached to an aromatic ring is 1. The van der Waals surface area contributed by atoms with Gasteiger partial charge < -0.3 is 15.2 Å². The van der Waals surface area contributed by atoms with Crippen molar-refractivity contribution in [1.29, 1.82) is 0 Å².